The van der Waals surface area contributed by atoms with E-state index in [4.69, 9.17) is 0 Å². The maximum Gasteiger partial charge on any atom is 0.389 e. The smallest absolute Gasteiger partial charge is 0.389 e. The van der Waals surface area contributed by atoms with Crippen LogP contribution in [0.25, 0.3) is 11.1 Å². The summed E-state index contributed by atoms with van der Waals surface area (Å²) in [6, 6.07) is 11.7. The van der Waals surface area contributed by atoms with Gasteiger partial charge in [-0.25, -0.2) is 0 Å². The van der Waals surface area contributed by atoms with Crippen LogP contribution in [0.3, 0.4) is 0 Å². The number of piperidine rings is 1. The highest BCUT2D eigenvalue weighted by atomic mass is 19.4. The van der Waals surface area contributed by atoms with E-state index in [2.05, 4.69) is 31.2 Å². The van der Waals surface area contributed by atoms with Crippen molar-refractivity contribution < 1.29 is 27.9 Å². The minimum atomic E-state index is -4.30. The minimum absolute atomic E-state index is 0.156. The molecule has 1 aromatic heterocycles. The third-order valence-corrected chi connectivity index (χ3v) is 7.50. The van der Waals surface area contributed by atoms with Gasteiger partial charge in [-0.3, -0.25) is 14.3 Å². The lowest BCUT2D eigenvalue weighted by molar-refractivity contribution is -0.143. The number of benzene rings is 2. The van der Waals surface area contributed by atoms with Gasteiger partial charge in [-0.05, 0) is 87.9 Å². The fourth-order valence-corrected chi connectivity index (χ4v) is 5.15. The van der Waals surface area contributed by atoms with Crippen LogP contribution >= 0.6 is 0 Å². The number of hydrogen-bond acceptors (Lipinski definition) is 4. The molecule has 1 unspecified atom stereocenters. The first-order valence-electron chi connectivity index (χ1n) is 13.8. The predicted molar refractivity (Wildman–Crippen MR) is 152 cm³/mol. The number of carbonyl (C=O) groups is 2. The van der Waals surface area contributed by atoms with E-state index in [9.17, 15) is 27.9 Å². The van der Waals surface area contributed by atoms with Gasteiger partial charge in [-0.15, -0.1) is 0 Å². The van der Waals surface area contributed by atoms with Gasteiger partial charge >= 0.3 is 12.1 Å². The predicted octanol–water partition coefficient (Wildman–Crippen LogP) is 7.05. The first-order chi connectivity index (χ1) is 19.2. The first kappa shape index (κ1) is 30.1. The number of nitrogens with one attached hydrogen (secondary N) is 1. The van der Waals surface area contributed by atoms with Crippen molar-refractivity contribution in [1.82, 2.24) is 14.7 Å². The lowest BCUT2D eigenvalue weighted by Crippen LogP contribution is -2.42. The maximum absolute atomic E-state index is 13.2. The normalized spacial score (nSPS) is 16.9. The van der Waals surface area contributed by atoms with Gasteiger partial charge < -0.3 is 15.3 Å². The lowest BCUT2D eigenvalue weighted by atomic mass is 9.94. The Balaban J connectivity index is 1.53. The third-order valence-electron chi connectivity index (χ3n) is 7.50. The molecule has 2 aromatic carbocycles. The summed E-state index contributed by atoms with van der Waals surface area (Å²) in [5.74, 6) is -1.74. The van der Waals surface area contributed by atoms with Crippen LogP contribution in [-0.4, -0.2) is 50.9 Å². The fourth-order valence-electron chi connectivity index (χ4n) is 5.15. The van der Waals surface area contributed by atoms with Crippen LogP contribution in [0.5, 0.6) is 0 Å². The van der Waals surface area contributed by atoms with Crippen molar-refractivity contribution in [3.05, 3.63) is 71.5 Å². The number of carboxylic acid groups (broad SMARTS) is 1. The standard InChI is InChI=1S/C31H37F3N4O3/c1-20-16-22(24-17-35-38(19-24)30(2,3)4)9-12-26(20)27(13-14-31(32,33)34)36-25-10-7-21(8-11-25)28(39)37-15-5-6-23(18-37)29(40)41/h7-12,16-17,19,23,27,36H,5-6,13-15,18H2,1-4H3,(H,40,41)/t23-,27?/m1/s1. The number of alkyl halides is 3. The lowest BCUT2D eigenvalue weighted by Gasteiger charge is -2.30. The summed E-state index contributed by atoms with van der Waals surface area (Å²) in [7, 11) is 0. The molecular weight excluding hydrogens is 533 g/mol. The van der Waals surface area contributed by atoms with E-state index >= 15 is 0 Å². The Morgan fingerprint density at radius 1 is 1.10 bits per heavy atom. The molecule has 2 N–H and O–H groups in total. The topological polar surface area (TPSA) is 87.5 Å². The Hall–Kier alpha value is -3.82. The second kappa shape index (κ2) is 12.0. The van der Waals surface area contributed by atoms with Crippen molar-refractivity contribution >= 4 is 17.6 Å². The zero-order valence-electron chi connectivity index (χ0n) is 23.8. The molecule has 4 rings (SSSR count). The molecule has 1 saturated heterocycles. The van der Waals surface area contributed by atoms with Gasteiger partial charge in [0.2, 0.25) is 0 Å². The monoisotopic (exact) mass is 570 g/mol. The van der Waals surface area contributed by atoms with Crippen LogP contribution in [0, 0.1) is 12.8 Å². The summed E-state index contributed by atoms with van der Waals surface area (Å²) in [4.78, 5) is 25.9. The van der Waals surface area contributed by atoms with E-state index in [0.29, 0.717) is 30.6 Å². The zero-order chi connectivity index (χ0) is 29.9. The van der Waals surface area contributed by atoms with Crippen LogP contribution in [0.2, 0.25) is 0 Å². The number of hydrogen-bond donors (Lipinski definition) is 2. The van der Waals surface area contributed by atoms with Gasteiger partial charge in [-0.2, -0.15) is 18.3 Å². The quantitative estimate of drug-likeness (QED) is 0.303. The van der Waals surface area contributed by atoms with Gasteiger partial charge in [0.1, 0.15) is 0 Å². The fraction of sp³-hybridized carbons (Fsp3) is 0.452. The van der Waals surface area contributed by atoms with Crippen molar-refractivity contribution in [2.24, 2.45) is 5.92 Å². The van der Waals surface area contributed by atoms with Crippen LogP contribution < -0.4 is 5.32 Å². The number of halogens is 3. The molecule has 2 heterocycles. The Morgan fingerprint density at radius 3 is 2.39 bits per heavy atom. The largest absolute Gasteiger partial charge is 0.481 e. The van der Waals surface area contributed by atoms with E-state index in [0.717, 1.165) is 22.3 Å². The van der Waals surface area contributed by atoms with E-state index in [1.54, 1.807) is 35.4 Å². The van der Waals surface area contributed by atoms with E-state index in [1.807, 2.05) is 36.0 Å². The zero-order valence-corrected chi connectivity index (χ0v) is 23.8. The molecule has 7 nitrogen and oxygen atoms in total. The summed E-state index contributed by atoms with van der Waals surface area (Å²) < 4.78 is 41.6. The molecule has 2 atom stereocenters. The number of aryl methyl sites for hydroxylation is 1. The molecule has 1 amide bonds. The van der Waals surface area contributed by atoms with Crippen molar-refractivity contribution in [2.75, 3.05) is 18.4 Å². The molecule has 1 aliphatic heterocycles. The highest BCUT2D eigenvalue weighted by molar-refractivity contribution is 5.95. The van der Waals surface area contributed by atoms with Crippen molar-refractivity contribution in [1.29, 1.82) is 0 Å². The molecule has 41 heavy (non-hydrogen) atoms. The summed E-state index contributed by atoms with van der Waals surface area (Å²) in [6.45, 7) is 8.72. The van der Waals surface area contributed by atoms with Crippen LogP contribution in [0.4, 0.5) is 18.9 Å². The Bertz CT molecular complexity index is 1380. The molecular formula is C31H37F3N4O3. The average molecular weight is 571 g/mol. The Morgan fingerprint density at radius 2 is 1.80 bits per heavy atom. The first-order valence-corrected chi connectivity index (χ1v) is 13.8. The summed E-state index contributed by atoms with van der Waals surface area (Å²) in [5, 5.41) is 17.0. The number of rotatable bonds is 8. The Labute approximate surface area is 238 Å². The van der Waals surface area contributed by atoms with E-state index in [-0.39, 0.29) is 24.4 Å². The third kappa shape index (κ3) is 7.68. The average Bonchev–Trinajstić information content (AvgIpc) is 3.42. The van der Waals surface area contributed by atoms with E-state index < -0.39 is 30.5 Å². The van der Waals surface area contributed by atoms with Crippen molar-refractivity contribution in [2.45, 2.75) is 71.1 Å². The number of likely N-dealkylation sites (tertiary alicyclic amines) is 1. The minimum Gasteiger partial charge on any atom is -0.481 e. The highest BCUT2D eigenvalue weighted by Gasteiger charge is 2.30. The van der Waals surface area contributed by atoms with Crippen molar-refractivity contribution in [3.8, 4) is 11.1 Å². The molecule has 0 bridgehead atoms. The molecule has 1 aliphatic rings. The molecule has 10 heteroatoms. The van der Waals surface area contributed by atoms with Crippen LogP contribution in [-0.2, 0) is 10.3 Å². The number of nitrogens with zero attached hydrogens (tertiary/aromatic N) is 3. The number of aliphatic carboxylic acids is 1. The van der Waals surface area contributed by atoms with E-state index in [1.165, 1.54) is 0 Å². The van der Waals surface area contributed by atoms with Gasteiger partial charge in [0, 0.05) is 42.5 Å². The number of amides is 1. The SMILES string of the molecule is Cc1cc(-c2cnn(C(C)(C)C)c2)ccc1C(CCC(F)(F)F)Nc1ccc(C(=O)N2CCC[C@@H](C(=O)O)C2)cc1. The molecule has 1 fully saturated rings. The van der Waals surface area contributed by atoms with Crippen molar-refractivity contribution in [3.63, 3.8) is 0 Å². The summed E-state index contributed by atoms with van der Waals surface area (Å²) in [5.41, 5.74) is 4.30. The molecule has 3 aromatic rings. The van der Waals surface area contributed by atoms with Crippen LogP contribution in [0.1, 0.15) is 74.0 Å². The number of anilines is 1. The molecule has 0 aliphatic carbocycles. The number of aromatic nitrogens is 2. The highest BCUT2D eigenvalue weighted by Crippen LogP contribution is 2.34. The van der Waals surface area contributed by atoms with Gasteiger partial charge in [0.05, 0.1) is 23.7 Å². The second-order valence-electron chi connectivity index (χ2n) is 11.8. The molecule has 0 spiro atoms. The molecule has 0 radical (unpaired) electrons. The van der Waals surface area contributed by atoms with Gasteiger partial charge in [0.25, 0.3) is 5.91 Å². The number of carboxylic acids is 1. The number of carbonyl (C=O) groups excluding carboxylic acids is 1. The maximum atomic E-state index is 13.2. The summed E-state index contributed by atoms with van der Waals surface area (Å²) >= 11 is 0. The van der Waals surface area contributed by atoms with Gasteiger partial charge in [-0.1, -0.05) is 18.2 Å². The Kier molecular flexibility index (Phi) is 8.80. The molecule has 0 saturated carbocycles. The molecule has 220 valence electrons. The van der Waals surface area contributed by atoms with Gasteiger partial charge in [0.15, 0.2) is 0 Å². The van der Waals surface area contributed by atoms with Crippen LogP contribution in [0.15, 0.2) is 54.9 Å². The summed E-state index contributed by atoms with van der Waals surface area (Å²) in [6.07, 6.45) is -0.483. The second-order valence-corrected chi connectivity index (χ2v) is 11.8.